The average Bonchev–Trinajstić information content (AvgIpc) is 2.60. The van der Waals surface area contributed by atoms with E-state index in [2.05, 4.69) is 5.32 Å². The number of hydrogen-bond donors (Lipinski definition) is 1. The number of hydrogen-bond acceptors (Lipinski definition) is 3. The molecule has 1 aliphatic heterocycles. The molecule has 1 N–H and O–H groups in total. The van der Waals surface area contributed by atoms with Crippen LogP contribution in [0, 0.1) is 6.92 Å². The van der Waals surface area contributed by atoms with E-state index in [1.165, 1.54) is 0 Å². The molecule has 0 saturated carbocycles. The van der Waals surface area contributed by atoms with Crippen molar-refractivity contribution in [3.63, 3.8) is 0 Å². The summed E-state index contributed by atoms with van der Waals surface area (Å²) in [4.78, 5) is 25.5. The molecule has 0 aromatic heterocycles. The predicted octanol–water partition coefficient (Wildman–Crippen LogP) is 1.50. The SMILES string of the molecule is CCC1NC(=O)CCN(CCOc2cccc(C)c2)C1=O. The summed E-state index contributed by atoms with van der Waals surface area (Å²) >= 11 is 0. The minimum absolute atomic E-state index is 0.0174. The van der Waals surface area contributed by atoms with Gasteiger partial charge in [0.25, 0.3) is 0 Å². The predicted molar refractivity (Wildman–Crippen MR) is 80.1 cm³/mol. The van der Waals surface area contributed by atoms with E-state index in [1.807, 2.05) is 38.1 Å². The van der Waals surface area contributed by atoms with Crippen LogP contribution < -0.4 is 10.1 Å². The number of nitrogens with one attached hydrogen (secondary N) is 1. The zero-order valence-electron chi connectivity index (χ0n) is 12.6. The first kappa shape index (κ1) is 15.4. The van der Waals surface area contributed by atoms with E-state index in [0.29, 0.717) is 32.5 Å². The second kappa shape index (κ2) is 7.11. The maximum absolute atomic E-state index is 12.3. The normalized spacial score (nSPS) is 19.1. The van der Waals surface area contributed by atoms with Gasteiger partial charge in [0, 0.05) is 13.0 Å². The fourth-order valence-electron chi connectivity index (χ4n) is 2.37. The average molecular weight is 290 g/mol. The van der Waals surface area contributed by atoms with Gasteiger partial charge in [0.1, 0.15) is 18.4 Å². The van der Waals surface area contributed by atoms with E-state index in [0.717, 1.165) is 11.3 Å². The monoisotopic (exact) mass is 290 g/mol. The highest BCUT2D eigenvalue weighted by atomic mass is 16.5. The van der Waals surface area contributed by atoms with Crippen LogP contribution in [0.1, 0.15) is 25.3 Å². The van der Waals surface area contributed by atoms with Gasteiger partial charge in [-0.1, -0.05) is 19.1 Å². The highest BCUT2D eigenvalue weighted by Crippen LogP contribution is 2.13. The standard InChI is InChI=1S/C16H22N2O3/c1-3-14-16(20)18(8-7-15(19)17-14)9-10-21-13-6-4-5-12(2)11-13/h4-6,11,14H,3,7-10H2,1-2H3,(H,17,19). The molecule has 114 valence electrons. The van der Waals surface area contributed by atoms with Crippen LogP contribution in [0.3, 0.4) is 0 Å². The third kappa shape index (κ3) is 4.21. The Hall–Kier alpha value is -2.04. The number of carbonyl (C=O) groups excluding carboxylic acids is 2. The molecule has 5 heteroatoms. The van der Waals surface area contributed by atoms with Crippen molar-refractivity contribution in [1.82, 2.24) is 10.2 Å². The summed E-state index contributed by atoms with van der Waals surface area (Å²) in [5.74, 6) is 0.729. The van der Waals surface area contributed by atoms with Crippen molar-refractivity contribution in [2.75, 3.05) is 19.7 Å². The van der Waals surface area contributed by atoms with Gasteiger partial charge in [0.15, 0.2) is 0 Å². The molecule has 0 spiro atoms. The molecule has 1 aromatic rings. The lowest BCUT2D eigenvalue weighted by molar-refractivity contribution is -0.133. The van der Waals surface area contributed by atoms with Crippen molar-refractivity contribution in [3.05, 3.63) is 29.8 Å². The summed E-state index contributed by atoms with van der Waals surface area (Å²) in [6.45, 7) is 5.29. The third-order valence-corrected chi connectivity index (χ3v) is 3.58. The molecule has 0 aliphatic carbocycles. The highest BCUT2D eigenvalue weighted by molar-refractivity contribution is 5.89. The first-order valence-corrected chi connectivity index (χ1v) is 7.37. The van der Waals surface area contributed by atoms with Crippen LogP contribution in [0.2, 0.25) is 0 Å². The minimum Gasteiger partial charge on any atom is -0.492 e. The van der Waals surface area contributed by atoms with Gasteiger partial charge >= 0.3 is 0 Å². The van der Waals surface area contributed by atoms with E-state index in [9.17, 15) is 9.59 Å². The minimum atomic E-state index is -0.404. The number of carbonyl (C=O) groups is 2. The van der Waals surface area contributed by atoms with Gasteiger partial charge in [-0.3, -0.25) is 9.59 Å². The first-order valence-electron chi connectivity index (χ1n) is 7.37. The molecule has 2 rings (SSSR count). The fraction of sp³-hybridized carbons (Fsp3) is 0.500. The van der Waals surface area contributed by atoms with Crippen molar-refractivity contribution >= 4 is 11.8 Å². The lowest BCUT2D eigenvalue weighted by Gasteiger charge is -2.23. The Kier molecular flexibility index (Phi) is 5.20. The molecular formula is C16H22N2O3. The molecule has 1 unspecified atom stereocenters. The van der Waals surface area contributed by atoms with Crippen LogP contribution >= 0.6 is 0 Å². The van der Waals surface area contributed by atoms with E-state index in [-0.39, 0.29) is 11.8 Å². The van der Waals surface area contributed by atoms with Crippen LogP contribution in [0.5, 0.6) is 5.75 Å². The maximum atomic E-state index is 12.3. The van der Waals surface area contributed by atoms with E-state index in [1.54, 1.807) is 4.90 Å². The zero-order valence-corrected chi connectivity index (χ0v) is 12.6. The van der Waals surface area contributed by atoms with Gasteiger partial charge in [0.2, 0.25) is 11.8 Å². The van der Waals surface area contributed by atoms with E-state index >= 15 is 0 Å². The lowest BCUT2D eigenvalue weighted by atomic mass is 10.2. The quantitative estimate of drug-likeness (QED) is 0.894. The zero-order chi connectivity index (χ0) is 15.2. The van der Waals surface area contributed by atoms with Crippen LogP contribution in [0.4, 0.5) is 0 Å². The molecule has 1 heterocycles. The van der Waals surface area contributed by atoms with Gasteiger partial charge in [-0.15, -0.1) is 0 Å². The van der Waals surface area contributed by atoms with Crippen molar-refractivity contribution in [1.29, 1.82) is 0 Å². The second-order valence-corrected chi connectivity index (χ2v) is 5.27. The highest BCUT2D eigenvalue weighted by Gasteiger charge is 2.28. The number of nitrogens with zero attached hydrogens (tertiary/aromatic N) is 1. The summed E-state index contributed by atoms with van der Waals surface area (Å²) in [5, 5.41) is 2.75. The molecule has 1 aliphatic rings. The Labute approximate surface area is 125 Å². The van der Waals surface area contributed by atoms with Crippen LogP contribution in [-0.4, -0.2) is 42.5 Å². The molecule has 1 saturated heterocycles. The molecule has 1 aromatic carbocycles. The summed E-state index contributed by atoms with van der Waals surface area (Å²) < 4.78 is 5.68. The molecular weight excluding hydrogens is 268 g/mol. The maximum Gasteiger partial charge on any atom is 0.245 e. The van der Waals surface area contributed by atoms with Gasteiger partial charge < -0.3 is 15.0 Å². The number of rotatable bonds is 5. The molecule has 0 bridgehead atoms. The number of benzene rings is 1. The molecule has 5 nitrogen and oxygen atoms in total. The van der Waals surface area contributed by atoms with Crippen LogP contribution in [0.15, 0.2) is 24.3 Å². The smallest absolute Gasteiger partial charge is 0.245 e. The van der Waals surface area contributed by atoms with Gasteiger partial charge in [-0.2, -0.15) is 0 Å². The topological polar surface area (TPSA) is 58.6 Å². The summed E-state index contributed by atoms with van der Waals surface area (Å²) in [6.07, 6.45) is 0.965. The second-order valence-electron chi connectivity index (χ2n) is 5.27. The number of ether oxygens (including phenoxy) is 1. The summed E-state index contributed by atoms with van der Waals surface area (Å²) in [7, 11) is 0. The first-order chi connectivity index (χ1) is 10.1. The lowest BCUT2D eigenvalue weighted by Crippen LogP contribution is -2.45. The molecule has 1 fully saturated rings. The van der Waals surface area contributed by atoms with Crippen LogP contribution in [0.25, 0.3) is 0 Å². The fourth-order valence-corrected chi connectivity index (χ4v) is 2.37. The van der Waals surface area contributed by atoms with Crippen molar-refractivity contribution in [2.24, 2.45) is 0 Å². The number of aryl methyl sites for hydroxylation is 1. The van der Waals surface area contributed by atoms with Crippen molar-refractivity contribution < 1.29 is 14.3 Å². The molecule has 2 amide bonds. The summed E-state index contributed by atoms with van der Waals surface area (Å²) in [5.41, 5.74) is 1.14. The molecule has 0 radical (unpaired) electrons. The number of amides is 2. The molecule has 21 heavy (non-hydrogen) atoms. The van der Waals surface area contributed by atoms with E-state index < -0.39 is 6.04 Å². The van der Waals surface area contributed by atoms with Crippen LogP contribution in [-0.2, 0) is 9.59 Å². The van der Waals surface area contributed by atoms with Crippen molar-refractivity contribution in [2.45, 2.75) is 32.7 Å². The third-order valence-electron chi connectivity index (χ3n) is 3.58. The Balaban J connectivity index is 1.89. The Morgan fingerprint density at radius 2 is 2.19 bits per heavy atom. The van der Waals surface area contributed by atoms with E-state index in [4.69, 9.17) is 4.74 Å². The Morgan fingerprint density at radius 3 is 2.90 bits per heavy atom. The van der Waals surface area contributed by atoms with Gasteiger partial charge in [-0.25, -0.2) is 0 Å². The molecule has 1 atom stereocenters. The van der Waals surface area contributed by atoms with Gasteiger partial charge in [0.05, 0.1) is 6.54 Å². The Morgan fingerprint density at radius 1 is 1.38 bits per heavy atom. The Bertz CT molecular complexity index is 516. The van der Waals surface area contributed by atoms with Crippen molar-refractivity contribution in [3.8, 4) is 5.75 Å². The van der Waals surface area contributed by atoms with Gasteiger partial charge in [-0.05, 0) is 31.0 Å². The summed E-state index contributed by atoms with van der Waals surface area (Å²) in [6, 6.07) is 7.41. The largest absolute Gasteiger partial charge is 0.492 e.